The van der Waals surface area contributed by atoms with E-state index in [4.69, 9.17) is 0 Å². The number of halogens is 1. The number of fused-ring (bicyclic) bond motifs is 1. The lowest BCUT2D eigenvalue weighted by Crippen LogP contribution is -2.41. The first kappa shape index (κ1) is 13.9. The zero-order valence-electron chi connectivity index (χ0n) is 11.4. The third kappa shape index (κ3) is 2.61. The van der Waals surface area contributed by atoms with Gasteiger partial charge in [-0.15, -0.1) is 0 Å². The lowest BCUT2D eigenvalue weighted by atomic mass is 9.94. The van der Waals surface area contributed by atoms with Gasteiger partial charge in [0.1, 0.15) is 5.82 Å². The number of nitro groups is 1. The quantitative estimate of drug-likeness (QED) is 0.663. The Bertz CT molecular complexity index is 579. The van der Waals surface area contributed by atoms with E-state index in [-0.39, 0.29) is 17.3 Å². The van der Waals surface area contributed by atoms with Gasteiger partial charge in [-0.05, 0) is 31.4 Å². The van der Waals surface area contributed by atoms with Crippen molar-refractivity contribution in [3.63, 3.8) is 0 Å². The van der Waals surface area contributed by atoms with E-state index in [9.17, 15) is 19.3 Å². The van der Waals surface area contributed by atoms with Crippen molar-refractivity contribution in [2.75, 3.05) is 19.6 Å². The lowest BCUT2D eigenvalue weighted by Gasteiger charge is -2.24. The largest absolute Gasteiger partial charge is 0.337 e. The smallest absolute Gasteiger partial charge is 0.272 e. The molecule has 112 valence electrons. The molecule has 0 radical (unpaired) electrons. The van der Waals surface area contributed by atoms with Gasteiger partial charge in [-0.1, -0.05) is 0 Å². The van der Waals surface area contributed by atoms with Gasteiger partial charge in [-0.2, -0.15) is 0 Å². The predicted octanol–water partition coefficient (Wildman–Crippen LogP) is 1.56. The highest BCUT2D eigenvalue weighted by molar-refractivity contribution is 5.95. The molecule has 1 aromatic rings. The Labute approximate surface area is 121 Å². The number of nitrogens with one attached hydrogen (secondary N) is 1. The minimum atomic E-state index is -0.836. The first-order chi connectivity index (χ1) is 10.1. The number of carbonyl (C=O) groups excluding carboxylic acids is 1. The van der Waals surface area contributed by atoms with Gasteiger partial charge in [0.2, 0.25) is 0 Å². The molecule has 2 fully saturated rings. The molecule has 2 atom stereocenters. The number of hydrogen-bond donors (Lipinski definition) is 1. The van der Waals surface area contributed by atoms with Gasteiger partial charge >= 0.3 is 0 Å². The van der Waals surface area contributed by atoms with Crippen molar-refractivity contribution in [2.45, 2.75) is 18.9 Å². The second kappa shape index (κ2) is 5.40. The molecular formula is C14H16FN3O3. The van der Waals surface area contributed by atoms with Crippen LogP contribution >= 0.6 is 0 Å². The summed E-state index contributed by atoms with van der Waals surface area (Å²) in [5, 5.41) is 14.0. The number of nitro benzene ring substituents is 1. The monoisotopic (exact) mass is 293 g/mol. The summed E-state index contributed by atoms with van der Waals surface area (Å²) in [7, 11) is 0. The van der Waals surface area contributed by atoms with Crippen LogP contribution in [0.1, 0.15) is 23.2 Å². The molecule has 1 aromatic carbocycles. The summed E-state index contributed by atoms with van der Waals surface area (Å²) in [6, 6.07) is 3.45. The van der Waals surface area contributed by atoms with Crippen LogP contribution in [0.25, 0.3) is 0 Å². The molecule has 6 nitrogen and oxygen atoms in total. The zero-order chi connectivity index (χ0) is 15.0. The van der Waals surface area contributed by atoms with Gasteiger partial charge in [-0.25, -0.2) is 4.39 Å². The Morgan fingerprint density at radius 3 is 2.90 bits per heavy atom. The number of rotatable bonds is 2. The van der Waals surface area contributed by atoms with Crippen molar-refractivity contribution in [3.05, 3.63) is 39.7 Å². The van der Waals surface area contributed by atoms with E-state index in [1.54, 1.807) is 4.90 Å². The molecule has 2 unspecified atom stereocenters. The highest BCUT2D eigenvalue weighted by atomic mass is 19.1. The SMILES string of the molecule is O=C(c1ccc([N+](=O)[O-])cc1F)N1CC2CCCNC2C1. The van der Waals surface area contributed by atoms with Crippen LogP contribution in [0.5, 0.6) is 0 Å². The summed E-state index contributed by atoms with van der Waals surface area (Å²) in [6.45, 7) is 2.14. The number of nitrogens with zero attached hydrogens (tertiary/aromatic N) is 2. The molecule has 2 saturated heterocycles. The van der Waals surface area contributed by atoms with E-state index in [0.717, 1.165) is 31.5 Å². The average Bonchev–Trinajstić information content (AvgIpc) is 2.90. The maximum atomic E-state index is 13.9. The Balaban J connectivity index is 1.78. The van der Waals surface area contributed by atoms with E-state index in [2.05, 4.69) is 5.32 Å². The van der Waals surface area contributed by atoms with Crippen LogP contribution in [0.15, 0.2) is 18.2 Å². The van der Waals surface area contributed by atoms with Gasteiger partial charge < -0.3 is 10.2 Å². The summed E-state index contributed by atoms with van der Waals surface area (Å²) >= 11 is 0. The number of carbonyl (C=O) groups is 1. The Kier molecular flexibility index (Phi) is 3.59. The third-order valence-corrected chi connectivity index (χ3v) is 4.28. The number of non-ortho nitro benzene ring substituents is 1. The van der Waals surface area contributed by atoms with Crippen molar-refractivity contribution in [1.29, 1.82) is 0 Å². The molecule has 0 saturated carbocycles. The third-order valence-electron chi connectivity index (χ3n) is 4.28. The van der Waals surface area contributed by atoms with Crippen LogP contribution in [-0.4, -0.2) is 41.4 Å². The molecule has 0 aliphatic carbocycles. The molecule has 3 rings (SSSR count). The minimum absolute atomic E-state index is 0.0979. The van der Waals surface area contributed by atoms with Gasteiger partial charge in [0.15, 0.2) is 0 Å². The van der Waals surface area contributed by atoms with E-state index in [1.165, 1.54) is 6.07 Å². The van der Waals surface area contributed by atoms with Crippen molar-refractivity contribution >= 4 is 11.6 Å². The molecular weight excluding hydrogens is 277 g/mol. The number of amides is 1. The second-order valence-electron chi connectivity index (χ2n) is 5.59. The van der Waals surface area contributed by atoms with E-state index in [0.29, 0.717) is 19.0 Å². The number of benzene rings is 1. The Hall–Kier alpha value is -2.02. The van der Waals surface area contributed by atoms with Crippen molar-refractivity contribution in [3.8, 4) is 0 Å². The average molecular weight is 293 g/mol. The minimum Gasteiger partial charge on any atom is -0.337 e. The fourth-order valence-corrected chi connectivity index (χ4v) is 3.17. The molecule has 1 amide bonds. The fraction of sp³-hybridized carbons (Fsp3) is 0.500. The lowest BCUT2D eigenvalue weighted by molar-refractivity contribution is -0.385. The van der Waals surface area contributed by atoms with Crippen molar-refractivity contribution in [2.24, 2.45) is 5.92 Å². The van der Waals surface area contributed by atoms with Crippen molar-refractivity contribution in [1.82, 2.24) is 10.2 Å². The van der Waals surface area contributed by atoms with Gasteiger partial charge in [0.05, 0.1) is 16.6 Å². The van der Waals surface area contributed by atoms with Crippen LogP contribution in [0, 0.1) is 21.8 Å². The molecule has 2 aliphatic heterocycles. The highest BCUT2D eigenvalue weighted by Gasteiger charge is 2.37. The summed E-state index contributed by atoms with van der Waals surface area (Å²) in [5.74, 6) is -0.806. The van der Waals surface area contributed by atoms with Crippen molar-refractivity contribution < 1.29 is 14.1 Å². The van der Waals surface area contributed by atoms with Crippen LogP contribution in [0.4, 0.5) is 10.1 Å². The molecule has 7 heteroatoms. The molecule has 2 heterocycles. The summed E-state index contributed by atoms with van der Waals surface area (Å²) in [5.41, 5.74) is -0.444. The number of hydrogen-bond acceptors (Lipinski definition) is 4. The number of likely N-dealkylation sites (tertiary alicyclic amines) is 1. The molecule has 0 spiro atoms. The first-order valence-electron chi connectivity index (χ1n) is 7.03. The molecule has 21 heavy (non-hydrogen) atoms. The number of piperidine rings is 1. The predicted molar refractivity (Wildman–Crippen MR) is 73.5 cm³/mol. The van der Waals surface area contributed by atoms with Crippen LogP contribution < -0.4 is 5.32 Å². The first-order valence-corrected chi connectivity index (χ1v) is 7.03. The topological polar surface area (TPSA) is 75.5 Å². The standard InChI is InChI=1S/C14H16FN3O3/c15-12-6-10(18(20)21)3-4-11(12)14(19)17-7-9-2-1-5-16-13(9)8-17/h3-4,6,9,13,16H,1-2,5,7-8H2. The molecule has 1 N–H and O–H groups in total. The maximum Gasteiger partial charge on any atom is 0.272 e. The maximum absolute atomic E-state index is 13.9. The molecule has 0 bridgehead atoms. The van der Waals surface area contributed by atoms with Gasteiger partial charge in [0.25, 0.3) is 11.6 Å². The summed E-state index contributed by atoms with van der Waals surface area (Å²) in [4.78, 5) is 23.9. The molecule has 2 aliphatic rings. The highest BCUT2D eigenvalue weighted by Crippen LogP contribution is 2.27. The second-order valence-corrected chi connectivity index (χ2v) is 5.59. The summed E-state index contributed by atoms with van der Waals surface area (Å²) in [6.07, 6.45) is 2.17. The Morgan fingerprint density at radius 1 is 1.43 bits per heavy atom. The normalized spacial score (nSPS) is 24.7. The van der Waals surface area contributed by atoms with E-state index < -0.39 is 16.6 Å². The molecule has 0 aromatic heterocycles. The van der Waals surface area contributed by atoms with E-state index in [1.807, 2.05) is 0 Å². The summed E-state index contributed by atoms with van der Waals surface area (Å²) < 4.78 is 13.9. The zero-order valence-corrected chi connectivity index (χ0v) is 11.4. The van der Waals surface area contributed by atoms with Gasteiger partial charge in [0, 0.05) is 25.2 Å². The Morgan fingerprint density at radius 2 is 2.24 bits per heavy atom. The van der Waals surface area contributed by atoms with Crippen LogP contribution in [-0.2, 0) is 0 Å². The fourth-order valence-electron chi connectivity index (χ4n) is 3.17. The van der Waals surface area contributed by atoms with Crippen LogP contribution in [0.2, 0.25) is 0 Å². The van der Waals surface area contributed by atoms with Crippen LogP contribution in [0.3, 0.4) is 0 Å². The van der Waals surface area contributed by atoms with Gasteiger partial charge in [-0.3, -0.25) is 14.9 Å². The van der Waals surface area contributed by atoms with E-state index >= 15 is 0 Å².